The van der Waals surface area contributed by atoms with Gasteiger partial charge in [0.05, 0.1) is 12.7 Å². The van der Waals surface area contributed by atoms with Gasteiger partial charge in [-0.3, -0.25) is 14.6 Å². The first-order valence-electron chi connectivity index (χ1n) is 16.3. The molecule has 0 saturated heterocycles. The van der Waals surface area contributed by atoms with E-state index < -0.39 is 6.04 Å². The van der Waals surface area contributed by atoms with E-state index in [1.807, 2.05) is 6.92 Å². The van der Waals surface area contributed by atoms with Crippen molar-refractivity contribution in [2.75, 3.05) is 13.2 Å². The molecule has 4 saturated carbocycles. The molecule has 0 bridgehead atoms. The molecule has 4 aliphatic carbocycles. The van der Waals surface area contributed by atoms with Crippen LogP contribution in [0.5, 0.6) is 0 Å². The Morgan fingerprint density at radius 3 is 2.44 bits per heavy atom. The van der Waals surface area contributed by atoms with Crippen molar-refractivity contribution in [3.63, 3.8) is 0 Å². The Morgan fingerprint density at radius 1 is 1.02 bits per heavy atom. The third kappa shape index (κ3) is 6.71. The Balaban J connectivity index is 1.36. The van der Waals surface area contributed by atoms with Crippen LogP contribution in [0.3, 0.4) is 0 Å². The summed E-state index contributed by atoms with van der Waals surface area (Å²) >= 11 is 0. The highest BCUT2D eigenvalue weighted by Gasteiger charge is 2.63. The molecule has 4 rings (SSSR count). The molecule has 0 aromatic heterocycles. The van der Waals surface area contributed by atoms with Crippen molar-refractivity contribution < 1.29 is 24.2 Å². The van der Waals surface area contributed by atoms with Gasteiger partial charge in [-0.2, -0.15) is 0 Å². The van der Waals surface area contributed by atoms with Gasteiger partial charge in [-0.25, -0.2) is 0 Å². The molecule has 4 fully saturated rings. The van der Waals surface area contributed by atoms with Gasteiger partial charge in [-0.05, 0) is 124 Å². The molecule has 41 heavy (non-hydrogen) atoms. The highest BCUT2D eigenvalue weighted by molar-refractivity contribution is 5.76. The summed E-state index contributed by atoms with van der Waals surface area (Å²) in [7, 11) is 0. The van der Waals surface area contributed by atoms with Crippen LogP contribution in [-0.4, -0.2) is 54.4 Å². The number of esters is 2. The van der Waals surface area contributed by atoms with Crippen LogP contribution in [0.4, 0.5) is 0 Å². The van der Waals surface area contributed by atoms with Crippen LogP contribution in [0.25, 0.3) is 0 Å². The highest BCUT2D eigenvalue weighted by atomic mass is 16.5. The molecule has 0 unspecified atom stereocenters. The summed E-state index contributed by atoms with van der Waals surface area (Å²) in [5.74, 6) is 2.35. The fourth-order valence-corrected chi connectivity index (χ4v) is 9.93. The predicted octanol–water partition coefficient (Wildman–Crippen LogP) is 3.89. The number of ether oxygens (including phenoxy) is 2. The second-order valence-corrected chi connectivity index (χ2v) is 14.2. The van der Waals surface area contributed by atoms with E-state index in [9.17, 15) is 14.7 Å². The number of carbonyl (C=O) groups excluding carboxylic acids is 2. The Morgan fingerprint density at radius 2 is 1.73 bits per heavy atom. The van der Waals surface area contributed by atoms with Crippen LogP contribution < -0.4 is 17.2 Å². The monoisotopic (exact) mass is 576 g/mol. The Bertz CT molecular complexity index is 956. The van der Waals surface area contributed by atoms with Gasteiger partial charge in [0, 0.05) is 13.0 Å². The first kappa shape index (κ1) is 32.1. The molecule has 9 heteroatoms. The Hall–Kier alpha value is -1.87. The highest BCUT2D eigenvalue weighted by Crippen LogP contribution is 2.68. The number of nitrogens with zero attached hydrogens (tertiary/aromatic N) is 1. The van der Waals surface area contributed by atoms with Crippen LogP contribution >= 0.6 is 0 Å². The van der Waals surface area contributed by atoms with Gasteiger partial charge in [0.2, 0.25) is 0 Å². The number of rotatable bonds is 11. The number of guanidine groups is 1. The molecule has 0 aromatic carbocycles. The maximum absolute atomic E-state index is 12.7. The van der Waals surface area contributed by atoms with E-state index >= 15 is 0 Å². The number of aliphatic hydroxyl groups is 1. The fourth-order valence-electron chi connectivity index (χ4n) is 9.93. The van der Waals surface area contributed by atoms with Crippen molar-refractivity contribution in [3.8, 4) is 0 Å². The average Bonchev–Trinajstić information content (AvgIpc) is 3.27. The number of fused-ring (bicyclic) bond motifs is 5. The quantitative estimate of drug-likeness (QED) is 0.125. The third-order valence-corrected chi connectivity index (χ3v) is 12.1. The van der Waals surface area contributed by atoms with Gasteiger partial charge in [-0.15, -0.1) is 0 Å². The SMILES string of the molecule is CCOC(=O)CC[C@@H](C)[C@H]1CC[C@H]2[C@@H]3[C@H](O)C[C@@H]4C[C@H](OC(=O)[C@@H](N)CCCN=C(N)N)CC[C@]4(C)[C@H]3CC[C@]12C. The van der Waals surface area contributed by atoms with Crippen molar-refractivity contribution in [1.82, 2.24) is 0 Å². The van der Waals surface area contributed by atoms with Gasteiger partial charge in [0.1, 0.15) is 12.1 Å². The lowest BCUT2D eigenvalue weighted by Crippen LogP contribution is -2.59. The lowest BCUT2D eigenvalue weighted by molar-refractivity contribution is -0.183. The smallest absolute Gasteiger partial charge is 0.323 e. The Labute approximate surface area is 246 Å². The normalized spacial score (nSPS) is 39.4. The van der Waals surface area contributed by atoms with E-state index in [2.05, 4.69) is 25.8 Å². The van der Waals surface area contributed by atoms with E-state index in [1.165, 1.54) is 19.3 Å². The van der Waals surface area contributed by atoms with Crippen LogP contribution in [0, 0.1) is 46.3 Å². The van der Waals surface area contributed by atoms with Crippen molar-refractivity contribution in [3.05, 3.63) is 0 Å². The molecule has 0 radical (unpaired) electrons. The molecular formula is C32H56N4O5. The number of carbonyl (C=O) groups is 2. The fraction of sp³-hybridized carbons (Fsp3) is 0.906. The second-order valence-electron chi connectivity index (χ2n) is 14.2. The minimum Gasteiger partial charge on any atom is -0.466 e. The minimum absolute atomic E-state index is 0.0410. The number of aliphatic imine (C=N–C) groups is 1. The predicted molar refractivity (Wildman–Crippen MR) is 159 cm³/mol. The molecule has 9 nitrogen and oxygen atoms in total. The minimum atomic E-state index is -0.676. The van der Waals surface area contributed by atoms with Gasteiger partial charge < -0.3 is 31.8 Å². The third-order valence-electron chi connectivity index (χ3n) is 12.1. The van der Waals surface area contributed by atoms with Crippen LogP contribution in [-0.2, 0) is 19.1 Å². The zero-order valence-corrected chi connectivity index (χ0v) is 25.9. The summed E-state index contributed by atoms with van der Waals surface area (Å²) in [6.07, 6.45) is 10.2. The second kappa shape index (κ2) is 13.2. The topological polar surface area (TPSA) is 163 Å². The summed E-state index contributed by atoms with van der Waals surface area (Å²) in [5.41, 5.74) is 17.2. The van der Waals surface area contributed by atoms with Crippen LogP contribution in [0.15, 0.2) is 4.99 Å². The summed E-state index contributed by atoms with van der Waals surface area (Å²) in [5, 5.41) is 11.7. The van der Waals surface area contributed by atoms with Crippen LogP contribution in [0.1, 0.15) is 105 Å². The van der Waals surface area contributed by atoms with Crippen molar-refractivity contribution in [2.24, 2.45) is 68.5 Å². The number of hydrogen-bond acceptors (Lipinski definition) is 7. The Kier molecular flexibility index (Phi) is 10.3. The zero-order chi connectivity index (χ0) is 29.9. The largest absolute Gasteiger partial charge is 0.466 e. The molecule has 234 valence electrons. The molecule has 7 N–H and O–H groups in total. The molecule has 0 spiro atoms. The summed E-state index contributed by atoms with van der Waals surface area (Å²) in [4.78, 5) is 28.7. The van der Waals surface area contributed by atoms with Crippen LogP contribution in [0.2, 0.25) is 0 Å². The van der Waals surface area contributed by atoms with Crippen molar-refractivity contribution in [2.45, 2.75) is 123 Å². The van der Waals surface area contributed by atoms with E-state index in [1.54, 1.807) is 0 Å². The van der Waals surface area contributed by atoms with E-state index in [-0.39, 0.29) is 40.9 Å². The number of aliphatic hydroxyl groups excluding tert-OH is 1. The van der Waals surface area contributed by atoms with E-state index in [0.717, 1.165) is 38.5 Å². The van der Waals surface area contributed by atoms with Crippen molar-refractivity contribution in [1.29, 1.82) is 0 Å². The summed E-state index contributed by atoms with van der Waals surface area (Å²) in [6, 6.07) is -0.676. The molecule has 11 atom stereocenters. The zero-order valence-electron chi connectivity index (χ0n) is 25.9. The van der Waals surface area contributed by atoms with Gasteiger partial charge in [0.15, 0.2) is 5.96 Å². The summed E-state index contributed by atoms with van der Waals surface area (Å²) in [6.45, 7) is 9.99. The van der Waals surface area contributed by atoms with E-state index in [4.69, 9.17) is 26.7 Å². The molecule has 0 aliphatic heterocycles. The van der Waals surface area contributed by atoms with Crippen molar-refractivity contribution >= 4 is 17.9 Å². The molecule has 4 aliphatic rings. The molecule has 0 amide bonds. The summed E-state index contributed by atoms with van der Waals surface area (Å²) < 4.78 is 11.1. The standard InChI is InChI=1S/C32H56N4O5/c1-5-40-27(38)11-8-19(2)22-9-10-23-28-24(13-15-32(22,23)4)31(3)14-12-21(17-20(31)18-26(28)37)41-29(39)25(33)7-6-16-36-30(34)35/h19-26,28,37H,5-18,33H2,1-4H3,(H4,34,35,36)/t19-,20+,21-,22-,23+,24+,25+,26-,28+,31+,32-/m1/s1. The maximum Gasteiger partial charge on any atom is 0.323 e. The maximum atomic E-state index is 12.7. The molecule has 0 heterocycles. The average molecular weight is 577 g/mol. The number of hydrogen-bond donors (Lipinski definition) is 4. The number of nitrogens with two attached hydrogens (primary N) is 3. The van der Waals surface area contributed by atoms with Gasteiger partial charge in [0.25, 0.3) is 0 Å². The first-order valence-corrected chi connectivity index (χ1v) is 16.3. The van der Waals surface area contributed by atoms with E-state index in [0.29, 0.717) is 67.9 Å². The first-order chi connectivity index (χ1) is 19.4. The van der Waals surface area contributed by atoms with Gasteiger partial charge >= 0.3 is 11.9 Å². The molecule has 0 aromatic rings. The molecular weight excluding hydrogens is 520 g/mol. The lowest BCUT2D eigenvalue weighted by atomic mass is 9.43. The lowest BCUT2D eigenvalue weighted by Gasteiger charge is -2.62. The van der Waals surface area contributed by atoms with Gasteiger partial charge in [-0.1, -0.05) is 20.8 Å².